The third kappa shape index (κ3) is 5.55. The number of aliphatic hydroxyl groups excluding tert-OH is 1. The third-order valence-corrected chi connectivity index (χ3v) is 6.29. The number of carbonyl (C=O) groups is 1. The molecule has 0 spiro atoms. The molecule has 1 N–H and O–H groups in total. The van der Waals surface area contributed by atoms with Crippen LogP contribution in [0.3, 0.4) is 0 Å². The van der Waals surface area contributed by atoms with Gasteiger partial charge in [0, 0.05) is 30.4 Å². The predicted octanol–water partition coefficient (Wildman–Crippen LogP) is 4.67. The molecule has 4 heterocycles. The molecule has 1 aliphatic rings. The van der Waals surface area contributed by atoms with E-state index in [1.165, 1.54) is 29.1 Å². The fourth-order valence-electron chi connectivity index (χ4n) is 4.59. The molecule has 200 valence electrons. The van der Waals surface area contributed by atoms with Crippen LogP contribution in [0.2, 0.25) is 0 Å². The van der Waals surface area contributed by atoms with Gasteiger partial charge in [0.15, 0.2) is 0 Å². The number of likely N-dealkylation sites (tertiary alicyclic amines) is 1. The zero-order valence-electron chi connectivity index (χ0n) is 20.2. The van der Waals surface area contributed by atoms with E-state index in [0.717, 1.165) is 10.9 Å². The van der Waals surface area contributed by atoms with Crippen molar-refractivity contribution >= 4 is 29.1 Å². The molecule has 0 aliphatic carbocycles. The second kappa shape index (κ2) is 10.8. The fraction of sp³-hybridized carbons (Fsp3) is 0.417. The lowest BCUT2D eigenvalue weighted by Crippen LogP contribution is -2.50. The van der Waals surface area contributed by atoms with Crippen LogP contribution in [0.25, 0.3) is 34.6 Å². The third-order valence-electron chi connectivity index (χ3n) is 6.29. The number of alkyl halides is 3. The van der Waals surface area contributed by atoms with Gasteiger partial charge in [0.25, 0.3) is 5.91 Å². The highest BCUT2D eigenvalue weighted by Gasteiger charge is 2.35. The van der Waals surface area contributed by atoms with Crippen LogP contribution in [0.1, 0.15) is 43.0 Å². The molecule has 2 atom stereocenters. The number of halogens is 5. The number of imidazole rings is 1. The maximum Gasteiger partial charge on any atom is 0.408 e. The maximum absolute atomic E-state index is 13.4. The second-order valence-corrected chi connectivity index (χ2v) is 9.05. The number of amides is 1. The van der Waals surface area contributed by atoms with Crippen LogP contribution in [0.5, 0.6) is 0 Å². The van der Waals surface area contributed by atoms with Crippen LogP contribution < -0.4 is 0 Å². The Morgan fingerprint density at radius 2 is 2.03 bits per heavy atom. The number of hydrogen-bond acceptors (Lipinski definition) is 5. The maximum atomic E-state index is 13.4. The van der Waals surface area contributed by atoms with E-state index in [2.05, 4.69) is 21.6 Å². The molecule has 13 heteroatoms. The van der Waals surface area contributed by atoms with Crippen molar-refractivity contribution in [3.63, 3.8) is 0 Å². The van der Waals surface area contributed by atoms with Crippen LogP contribution in [-0.2, 0) is 6.54 Å². The van der Waals surface area contributed by atoms with Gasteiger partial charge in [-0.05, 0) is 30.9 Å². The summed E-state index contributed by atoms with van der Waals surface area (Å²) in [6.07, 6.45) is 1.06. The van der Waals surface area contributed by atoms with Crippen LogP contribution in [0.15, 0.2) is 31.4 Å². The minimum atomic E-state index is -4.58. The number of fused-ring (bicyclic) bond motifs is 1. The van der Waals surface area contributed by atoms with Gasteiger partial charge >= 0.3 is 6.18 Å². The number of aliphatic hydroxyl groups is 1. The number of hydrogen-bond donors (Lipinski definition) is 1. The van der Waals surface area contributed by atoms with Gasteiger partial charge < -0.3 is 10.0 Å². The van der Waals surface area contributed by atoms with Crippen molar-refractivity contribution in [1.29, 1.82) is 0 Å². The van der Waals surface area contributed by atoms with Crippen LogP contribution >= 0.6 is 0 Å². The minimum Gasteiger partial charge on any atom is -0.393 e. The Morgan fingerprint density at radius 1 is 1.30 bits per heavy atom. The Morgan fingerprint density at radius 3 is 2.65 bits per heavy atom. The van der Waals surface area contributed by atoms with Gasteiger partial charge in [-0.2, -0.15) is 18.3 Å². The quantitative estimate of drug-likeness (QED) is 0.472. The van der Waals surface area contributed by atoms with Gasteiger partial charge in [0.1, 0.15) is 30.1 Å². The molecule has 0 radical (unpaired) electrons. The zero-order chi connectivity index (χ0) is 26.2. The summed E-state index contributed by atoms with van der Waals surface area (Å²) in [5, 5.41) is 14.5. The summed E-state index contributed by atoms with van der Waals surface area (Å²) >= 11 is 0. The molecule has 1 fully saturated rings. The van der Waals surface area contributed by atoms with E-state index < -0.39 is 24.7 Å². The van der Waals surface area contributed by atoms with Crippen molar-refractivity contribution in [3.05, 3.63) is 42.9 Å². The average Bonchev–Trinajstić information content (AvgIpc) is 3.38. The molecule has 1 amide bonds. The Labute approximate surface area is 209 Å². The Kier molecular flexibility index (Phi) is 8.16. The molecular weight excluding hydrogens is 499 g/mol. The van der Waals surface area contributed by atoms with E-state index in [9.17, 15) is 27.5 Å². The van der Waals surface area contributed by atoms with Gasteiger partial charge in [0.05, 0.1) is 23.5 Å². The molecule has 1 aliphatic heterocycles. The highest BCUT2D eigenvalue weighted by Crippen LogP contribution is 2.32. The molecule has 0 aromatic carbocycles. The van der Waals surface area contributed by atoms with Crippen molar-refractivity contribution in [1.82, 2.24) is 29.2 Å². The normalized spacial score (nSPS) is 18.5. The molecule has 0 saturated carbocycles. The Hall–Kier alpha value is -3.61. The summed E-state index contributed by atoms with van der Waals surface area (Å²) in [5.74, 6) is -0.0924. The summed E-state index contributed by atoms with van der Waals surface area (Å²) in [4.78, 5) is 23.4. The fourth-order valence-corrected chi connectivity index (χ4v) is 4.59. The topological polar surface area (TPSA) is 89.1 Å². The van der Waals surface area contributed by atoms with Gasteiger partial charge in [-0.1, -0.05) is 20.4 Å². The molecule has 3 aromatic heterocycles. The average molecular weight is 527 g/mol. The van der Waals surface area contributed by atoms with E-state index in [1.807, 2.05) is 13.8 Å². The van der Waals surface area contributed by atoms with Crippen molar-refractivity contribution in [3.8, 4) is 11.4 Å². The van der Waals surface area contributed by atoms with Crippen LogP contribution in [0, 0.1) is 5.92 Å². The van der Waals surface area contributed by atoms with Gasteiger partial charge in [-0.15, -0.1) is 0 Å². The summed E-state index contributed by atoms with van der Waals surface area (Å²) in [5.41, 5.74) is 0.357. The largest absolute Gasteiger partial charge is 0.408 e. The number of nitrogens with zero attached hydrogens (tertiary/aromatic N) is 6. The van der Waals surface area contributed by atoms with Gasteiger partial charge in [-0.3, -0.25) is 23.7 Å². The first-order valence-electron chi connectivity index (χ1n) is 11.4. The summed E-state index contributed by atoms with van der Waals surface area (Å²) in [6, 6.07) is 1.07. The number of carbonyl (C=O) groups excluding carboxylic acids is 1. The van der Waals surface area contributed by atoms with Gasteiger partial charge in [-0.25, -0.2) is 9.37 Å². The van der Waals surface area contributed by atoms with Crippen molar-refractivity contribution < 1.29 is 32.2 Å². The number of pyridine rings is 1. The summed E-state index contributed by atoms with van der Waals surface area (Å²) in [7, 11) is 0. The van der Waals surface area contributed by atoms with Crippen LogP contribution in [0.4, 0.5) is 22.3 Å². The highest BCUT2D eigenvalue weighted by atomic mass is 19.4. The first-order valence-corrected chi connectivity index (χ1v) is 11.4. The zero-order valence-corrected chi connectivity index (χ0v) is 20.2. The molecule has 1 saturated heterocycles. The standard InChI is InChI=1S/C24H26F4N6O2.FH/c1-4-21-30-12-20(32(21)8-6-25)22-16-11-29-17(10-19(16)34(31-22)13-24(26,27)28)23(36)33-7-5-15(35)9-18(33)14(2)3;/h4,6,8,10-12,14-15,18,35H,1,5,7,9,13H2,2-3H3;1H/b8-6+;. The van der Waals surface area contributed by atoms with Crippen molar-refractivity contribution in [2.24, 2.45) is 5.92 Å². The molecule has 3 aromatic rings. The van der Waals surface area contributed by atoms with Crippen molar-refractivity contribution in [2.45, 2.75) is 51.6 Å². The smallest absolute Gasteiger partial charge is 0.393 e. The Balaban J connectivity index is 0.00000380. The number of rotatable bonds is 6. The van der Waals surface area contributed by atoms with E-state index in [0.29, 0.717) is 19.4 Å². The molecule has 0 bridgehead atoms. The predicted molar refractivity (Wildman–Crippen MR) is 129 cm³/mol. The first kappa shape index (κ1) is 28.0. The molecule has 4 rings (SSSR count). The lowest BCUT2D eigenvalue weighted by Gasteiger charge is -2.40. The lowest BCUT2D eigenvalue weighted by atomic mass is 9.90. The SMILES string of the molecule is C=Cc1ncc(-c2nn(CC(F)(F)F)c3cc(C(=O)N4CCC(O)CC4C(C)C)ncc23)n1/C=C/F.F. The molecule has 2 unspecified atom stereocenters. The lowest BCUT2D eigenvalue weighted by molar-refractivity contribution is -0.141. The summed E-state index contributed by atoms with van der Waals surface area (Å²) in [6.45, 7) is 6.41. The van der Waals surface area contributed by atoms with E-state index in [4.69, 9.17) is 0 Å². The number of piperidine rings is 1. The monoisotopic (exact) mass is 526 g/mol. The van der Waals surface area contributed by atoms with Gasteiger partial charge in [0.2, 0.25) is 0 Å². The molecular formula is C24H27F5N6O2. The van der Waals surface area contributed by atoms with Crippen molar-refractivity contribution in [2.75, 3.05) is 6.54 Å². The summed E-state index contributed by atoms with van der Waals surface area (Å²) < 4.78 is 55.3. The number of aromatic nitrogens is 5. The Bertz CT molecular complexity index is 1310. The van der Waals surface area contributed by atoms with E-state index in [1.54, 1.807) is 4.90 Å². The molecule has 37 heavy (non-hydrogen) atoms. The second-order valence-electron chi connectivity index (χ2n) is 9.05. The van der Waals surface area contributed by atoms with E-state index in [-0.39, 0.29) is 56.8 Å². The van der Waals surface area contributed by atoms with E-state index >= 15 is 0 Å². The van der Waals surface area contributed by atoms with Crippen LogP contribution in [-0.4, -0.2) is 65.1 Å². The first-order chi connectivity index (χ1) is 17.0. The minimum absolute atomic E-state index is 0. The molecule has 8 nitrogen and oxygen atoms in total. The highest BCUT2D eigenvalue weighted by molar-refractivity contribution is 5.99.